The number of pyridine rings is 1. The minimum atomic E-state index is -0.200. The van der Waals surface area contributed by atoms with Crippen molar-refractivity contribution >= 4 is 16.9 Å². The van der Waals surface area contributed by atoms with E-state index in [0.29, 0.717) is 11.2 Å². The van der Waals surface area contributed by atoms with Crippen LogP contribution < -0.4 is 5.49 Å². The first kappa shape index (κ1) is 14.3. The Morgan fingerprint density at radius 1 is 1.14 bits per heavy atom. The predicted molar refractivity (Wildman–Crippen MR) is 85.8 cm³/mol. The van der Waals surface area contributed by atoms with Crippen LogP contribution in [0.5, 0.6) is 0 Å². The predicted octanol–water partition coefficient (Wildman–Crippen LogP) is 3.54. The molecule has 2 heterocycles. The van der Waals surface area contributed by atoms with Crippen LogP contribution in [0.25, 0.3) is 11.0 Å². The van der Waals surface area contributed by atoms with Crippen molar-refractivity contribution < 1.29 is 9.21 Å². The highest BCUT2D eigenvalue weighted by atomic mass is 16.3. The molecule has 0 bridgehead atoms. The molecule has 0 saturated heterocycles. The Hall–Kier alpha value is -2.62. The van der Waals surface area contributed by atoms with E-state index < -0.39 is 0 Å². The summed E-state index contributed by atoms with van der Waals surface area (Å²) in [6.45, 7) is 5.87. The van der Waals surface area contributed by atoms with E-state index in [-0.39, 0.29) is 11.9 Å². The first-order valence-corrected chi connectivity index (χ1v) is 7.32. The first-order chi connectivity index (χ1) is 10.6. The van der Waals surface area contributed by atoms with Gasteiger partial charge in [-0.15, -0.1) is 0 Å². The van der Waals surface area contributed by atoms with Crippen molar-refractivity contribution in [3.63, 3.8) is 0 Å². The van der Waals surface area contributed by atoms with Crippen LogP contribution >= 0.6 is 0 Å². The van der Waals surface area contributed by atoms with Crippen LogP contribution in [0.3, 0.4) is 0 Å². The van der Waals surface area contributed by atoms with Crippen LogP contribution in [0.2, 0.25) is 0 Å². The lowest BCUT2D eigenvalue weighted by molar-refractivity contribution is 0.0928. The summed E-state index contributed by atoms with van der Waals surface area (Å²) in [5.41, 5.74) is 2.21. The van der Waals surface area contributed by atoms with E-state index >= 15 is 0 Å². The number of furan rings is 1. The highest BCUT2D eigenvalue weighted by Gasteiger charge is 2.19. The molecular formula is C18H18N2O2. The molecule has 112 valence electrons. The van der Waals surface area contributed by atoms with E-state index in [1.165, 1.54) is 4.57 Å². The van der Waals surface area contributed by atoms with E-state index in [4.69, 9.17) is 4.42 Å². The Morgan fingerprint density at radius 3 is 2.59 bits per heavy atom. The van der Waals surface area contributed by atoms with Crippen LogP contribution in [0.1, 0.15) is 30.0 Å². The fraction of sp³-hybridized carbons (Fsp3) is 0.222. The van der Waals surface area contributed by atoms with Crippen molar-refractivity contribution in [3.8, 4) is 0 Å². The molecule has 0 aliphatic heterocycles. The second-order valence-corrected chi connectivity index (χ2v) is 5.51. The molecule has 0 unspecified atom stereocenters. The van der Waals surface area contributed by atoms with E-state index in [0.717, 1.165) is 16.5 Å². The number of para-hydroxylation sites is 1. The third-order valence-electron chi connectivity index (χ3n) is 3.49. The van der Waals surface area contributed by atoms with Gasteiger partial charge >= 0.3 is 0 Å². The van der Waals surface area contributed by atoms with E-state index in [9.17, 15) is 4.79 Å². The average Bonchev–Trinajstić information content (AvgIpc) is 2.84. The van der Waals surface area contributed by atoms with Gasteiger partial charge in [-0.3, -0.25) is 14.4 Å². The number of nitrogens with zero attached hydrogens (tertiary/aromatic N) is 2. The number of benzene rings is 1. The largest absolute Gasteiger partial charge is 0.451 e. The molecule has 0 N–H and O–H groups in total. The SMILES string of the molecule is Cc1c(C(=O)n2ccccc2=NC(C)C)oc2ccccc12. The van der Waals surface area contributed by atoms with Gasteiger partial charge < -0.3 is 4.42 Å². The molecule has 0 fully saturated rings. The van der Waals surface area contributed by atoms with Gasteiger partial charge in [-0.1, -0.05) is 24.3 Å². The molecule has 3 aromatic rings. The van der Waals surface area contributed by atoms with Gasteiger partial charge in [-0.2, -0.15) is 0 Å². The maximum Gasteiger partial charge on any atom is 0.299 e. The van der Waals surface area contributed by atoms with Gasteiger partial charge in [0, 0.05) is 23.2 Å². The summed E-state index contributed by atoms with van der Waals surface area (Å²) < 4.78 is 7.30. The van der Waals surface area contributed by atoms with Crippen molar-refractivity contribution in [2.75, 3.05) is 0 Å². The van der Waals surface area contributed by atoms with Crippen molar-refractivity contribution in [1.29, 1.82) is 0 Å². The molecule has 0 saturated carbocycles. The third kappa shape index (κ3) is 2.48. The second kappa shape index (κ2) is 5.64. The highest BCUT2D eigenvalue weighted by Crippen LogP contribution is 2.25. The summed E-state index contributed by atoms with van der Waals surface area (Å²) in [5.74, 6) is 0.159. The Labute approximate surface area is 128 Å². The van der Waals surface area contributed by atoms with Crippen molar-refractivity contribution in [3.05, 3.63) is 65.5 Å². The summed E-state index contributed by atoms with van der Waals surface area (Å²) in [4.78, 5) is 17.3. The first-order valence-electron chi connectivity index (χ1n) is 7.32. The number of aromatic nitrogens is 1. The molecule has 0 amide bonds. The molecule has 0 radical (unpaired) electrons. The molecule has 4 nitrogen and oxygen atoms in total. The van der Waals surface area contributed by atoms with E-state index in [1.54, 1.807) is 6.20 Å². The van der Waals surface area contributed by atoms with Gasteiger partial charge in [0.1, 0.15) is 11.1 Å². The van der Waals surface area contributed by atoms with Crippen molar-refractivity contribution in [1.82, 2.24) is 4.57 Å². The van der Waals surface area contributed by atoms with Crippen LogP contribution in [0.4, 0.5) is 0 Å². The average molecular weight is 294 g/mol. The number of hydrogen-bond donors (Lipinski definition) is 0. The van der Waals surface area contributed by atoms with Gasteiger partial charge in [0.05, 0.1) is 0 Å². The molecular weight excluding hydrogens is 276 g/mol. The van der Waals surface area contributed by atoms with Gasteiger partial charge in [0.25, 0.3) is 5.91 Å². The summed E-state index contributed by atoms with van der Waals surface area (Å²) in [6.07, 6.45) is 1.72. The van der Waals surface area contributed by atoms with E-state index in [2.05, 4.69) is 4.99 Å². The van der Waals surface area contributed by atoms with Gasteiger partial charge in [-0.25, -0.2) is 0 Å². The van der Waals surface area contributed by atoms with Crippen molar-refractivity contribution in [2.45, 2.75) is 26.8 Å². The number of hydrogen-bond acceptors (Lipinski definition) is 3. The molecule has 3 rings (SSSR count). The Balaban J connectivity index is 2.17. The monoisotopic (exact) mass is 294 g/mol. The molecule has 2 aromatic heterocycles. The summed E-state index contributed by atoms with van der Waals surface area (Å²) >= 11 is 0. The number of carbonyl (C=O) groups excluding carboxylic acids is 1. The Kier molecular flexibility index (Phi) is 3.67. The zero-order valence-electron chi connectivity index (χ0n) is 12.9. The third-order valence-corrected chi connectivity index (χ3v) is 3.49. The van der Waals surface area contributed by atoms with Crippen LogP contribution in [-0.4, -0.2) is 16.5 Å². The number of rotatable bonds is 2. The molecule has 22 heavy (non-hydrogen) atoms. The van der Waals surface area contributed by atoms with Crippen LogP contribution in [-0.2, 0) is 0 Å². The summed E-state index contributed by atoms with van der Waals surface area (Å²) in [5, 5.41) is 0.963. The minimum absolute atomic E-state index is 0.109. The summed E-state index contributed by atoms with van der Waals surface area (Å²) in [7, 11) is 0. The molecule has 4 heteroatoms. The Bertz CT molecular complexity index is 901. The van der Waals surface area contributed by atoms with Crippen LogP contribution in [0.15, 0.2) is 58.1 Å². The van der Waals surface area contributed by atoms with Gasteiger partial charge in [0.2, 0.25) is 0 Å². The lowest BCUT2D eigenvalue weighted by Gasteiger charge is -2.05. The van der Waals surface area contributed by atoms with Gasteiger partial charge in [0.15, 0.2) is 5.76 Å². The number of carbonyl (C=O) groups is 1. The molecule has 0 aliphatic carbocycles. The molecule has 0 spiro atoms. The van der Waals surface area contributed by atoms with Crippen molar-refractivity contribution in [2.24, 2.45) is 4.99 Å². The minimum Gasteiger partial charge on any atom is -0.451 e. The zero-order valence-corrected chi connectivity index (χ0v) is 12.9. The molecule has 1 aromatic carbocycles. The lowest BCUT2D eigenvalue weighted by atomic mass is 10.1. The second-order valence-electron chi connectivity index (χ2n) is 5.51. The Morgan fingerprint density at radius 2 is 1.86 bits per heavy atom. The summed E-state index contributed by atoms with van der Waals surface area (Å²) in [6, 6.07) is 13.3. The smallest absolute Gasteiger partial charge is 0.299 e. The fourth-order valence-corrected chi connectivity index (χ4v) is 2.46. The topological polar surface area (TPSA) is 47.5 Å². The zero-order chi connectivity index (χ0) is 15.7. The fourth-order valence-electron chi connectivity index (χ4n) is 2.46. The quantitative estimate of drug-likeness (QED) is 0.725. The maximum absolute atomic E-state index is 12.8. The number of fused-ring (bicyclic) bond motifs is 1. The standard InChI is InChI=1S/C18H18N2O2/c1-12(2)19-16-10-6-7-11-20(16)18(21)17-13(3)14-8-4-5-9-15(14)22-17/h4-12H,1-3H3. The molecule has 0 aliphatic rings. The lowest BCUT2D eigenvalue weighted by Crippen LogP contribution is -2.28. The van der Waals surface area contributed by atoms with Gasteiger partial charge in [-0.05, 0) is 39.0 Å². The molecule has 0 atom stereocenters. The highest BCUT2D eigenvalue weighted by molar-refractivity contribution is 5.99. The normalized spacial score (nSPS) is 12.3. The maximum atomic E-state index is 12.8. The number of aryl methyl sites for hydroxylation is 1. The van der Waals surface area contributed by atoms with Crippen LogP contribution in [0, 0.1) is 6.92 Å². The van der Waals surface area contributed by atoms with E-state index in [1.807, 2.05) is 63.2 Å².